The fourth-order valence-corrected chi connectivity index (χ4v) is 6.21. The van der Waals surface area contributed by atoms with E-state index in [1.54, 1.807) is 12.3 Å². The summed E-state index contributed by atoms with van der Waals surface area (Å²) in [6.07, 6.45) is 1.70. The lowest BCUT2D eigenvalue weighted by atomic mass is 9.86. The summed E-state index contributed by atoms with van der Waals surface area (Å²) in [7, 11) is 0. The molecule has 8 aromatic rings. The van der Waals surface area contributed by atoms with Gasteiger partial charge < -0.3 is 13.9 Å². The quantitative estimate of drug-likeness (QED) is 0.196. The number of hydrogen-bond acceptors (Lipinski definition) is 5. The second kappa shape index (κ2) is 11.1. The number of furan rings is 1. The van der Waals surface area contributed by atoms with E-state index < -0.39 is 0 Å². The van der Waals surface area contributed by atoms with E-state index in [1.165, 1.54) is 0 Å². The zero-order valence-electron chi connectivity index (χ0n) is 26.4. The van der Waals surface area contributed by atoms with Crippen LogP contribution in [0, 0.1) is 0 Å². The first kappa shape index (κ1) is 28.5. The summed E-state index contributed by atoms with van der Waals surface area (Å²) in [5.74, 6) is 0.649. The molecule has 0 aliphatic heterocycles. The van der Waals surface area contributed by atoms with E-state index in [4.69, 9.17) is 18.8 Å². The Morgan fingerprint density at radius 3 is 2.23 bits per heavy atom. The van der Waals surface area contributed by atoms with Crippen LogP contribution in [-0.4, -0.2) is 16.3 Å². The van der Waals surface area contributed by atoms with Crippen molar-refractivity contribution in [2.45, 2.75) is 26.2 Å². The number of hydrogen-bond donors (Lipinski definition) is 1. The van der Waals surface area contributed by atoms with Gasteiger partial charge in [0.2, 0.25) is 5.89 Å². The molecule has 0 saturated heterocycles. The van der Waals surface area contributed by atoms with Crippen molar-refractivity contribution in [1.82, 2.24) is 4.98 Å². The first-order valence-electron chi connectivity index (χ1n) is 15.7. The molecule has 5 heteroatoms. The van der Waals surface area contributed by atoms with Crippen LogP contribution < -0.4 is 0 Å². The summed E-state index contributed by atoms with van der Waals surface area (Å²) in [6.45, 7) is 6.44. The first-order chi connectivity index (χ1) is 22.8. The highest BCUT2D eigenvalue weighted by Crippen LogP contribution is 2.44. The van der Waals surface area contributed by atoms with Gasteiger partial charge in [0.1, 0.15) is 22.4 Å². The number of rotatable bonds is 5. The van der Waals surface area contributed by atoms with Gasteiger partial charge in [-0.05, 0) is 64.6 Å². The molecule has 1 N–H and O–H groups in total. The third kappa shape index (κ3) is 5.06. The summed E-state index contributed by atoms with van der Waals surface area (Å²) in [4.78, 5) is 9.84. The molecule has 0 unspecified atom stereocenters. The number of phenolic OH excluding ortho intramolecular Hbond substituents is 1. The average Bonchev–Trinajstić information content (AvgIpc) is 3.70. The number of nitrogens with zero attached hydrogens (tertiary/aromatic N) is 2. The van der Waals surface area contributed by atoms with E-state index in [-0.39, 0.29) is 11.2 Å². The monoisotopic (exact) mass is 612 g/mol. The molecule has 2 heterocycles. The number of aromatic nitrogens is 1. The third-order valence-electron chi connectivity index (χ3n) is 8.69. The Morgan fingerprint density at radius 1 is 0.660 bits per heavy atom. The molecule has 0 bridgehead atoms. The fourth-order valence-electron chi connectivity index (χ4n) is 6.21. The third-order valence-corrected chi connectivity index (χ3v) is 8.69. The van der Waals surface area contributed by atoms with Crippen LogP contribution in [0.4, 0.5) is 5.69 Å². The Bertz CT molecular complexity index is 2460. The topological polar surface area (TPSA) is 71.8 Å². The first-order valence-corrected chi connectivity index (χ1v) is 15.7. The minimum atomic E-state index is -0.0556. The molecular formula is C42H32N2O3. The fraction of sp³-hybridized carbons (Fsp3) is 0.0952. The molecule has 0 saturated carbocycles. The van der Waals surface area contributed by atoms with Gasteiger partial charge >= 0.3 is 0 Å². The Labute approximate surface area is 272 Å². The summed E-state index contributed by atoms with van der Waals surface area (Å²) in [6, 6.07) is 42.3. The Hall–Kier alpha value is -5.94. The minimum absolute atomic E-state index is 0.0556. The maximum Gasteiger partial charge on any atom is 0.229 e. The van der Waals surface area contributed by atoms with Gasteiger partial charge in [-0.3, -0.25) is 4.99 Å². The summed E-state index contributed by atoms with van der Waals surface area (Å²) < 4.78 is 13.0. The van der Waals surface area contributed by atoms with Gasteiger partial charge in [0.25, 0.3) is 0 Å². The van der Waals surface area contributed by atoms with Crippen molar-refractivity contribution in [3.63, 3.8) is 0 Å². The maximum absolute atomic E-state index is 10.6. The van der Waals surface area contributed by atoms with E-state index in [1.807, 2.05) is 72.8 Å². The molecule has 0 aliphatic carbocycles. The second-order valence-electron chi connectivity index (χ2n) is 12.8. The highest BCUT2D eigenvalue weighted by Gasteiger charge is 2.21. The Balaban J connectivity index is 1.26. The average molecular weight is 613 g/mol. The number of aliphatic imine (C=N–C) groups is 1. The lowest BCUT2D eigenvalue weighted by Gasteiger charge is -2.19. The molecule has 2 aromatic heterocycles. The molecular weight excluding hydrogens is 580 g/mol. The summed E-state index contributed by atoms with van der Waals surface area (Å²) in [5, 5.41) is 12.7. The number of benzene rings is 6. The molecule has 0 radical (unpaired) electrons. The van der Waals surface area contributed by atoms with Gasteiger partial charge in [-0.15, -0.1) is 0 Å². The number of para-hydroxylation sites is 3. The van der Waals surface area contributed by atoms with Crippen molar-refractivity contribution in [2.24, 2.45) is 4.99 Å². The van der Waals surface area contributed by atoms with Gasteiger partial charge in [-0.2, -0.15) is 0 Å². The zero-order chi connectivity index (χ0) is 32.1. The van der Waals surface area contributed by atoms with Crippen molar-refractivity contribution in [3.8, 4) is 39.5 Å². The summed E-state index contributed by atoms with van der Waals surface area (Å²) in [5.41, 5.74) is 10.3. The molecule has 228 valence electrons. The van der Waals surface area contributed by atoms with Crippen LogP contribution in [0.3, 0.4) is 0 Å². The van der Waals surface area contributed by atoms with Gasteiger partial charge in [0.05, 0.1) is 11.3 Å². The molecule has 0 atom stereocenters. The summed E-state index contributed by atoms with van der Waals surface area (Å²) >= 11 is 0. The van der Waals surface area contributed by atoms with Crippen LogP contribution in [0.1, 0.15) is 31.9 Å². The Kier molecular flexibility index (Phi) is 6.76. The van der Waals surface area contributed by atoms with E-state index >= 15 is 0 Å². The molecule has 0 aliphatic rings. The van der Waals surface area contributed by atoms with Crippen LogP contribution in [0.5, 0.6) is 5.75 Å². The molecule has 8 rings (SSSR count). The van der Waals surface area contributed by atoms with Crippen LogP contribution >= 0.6 is 0 Å². The molecule has 0 spiro atoms. The zero-order valence-corrected chi connectivity index (χ0v) is 26.4. The van der Waals surface area contributed by atoms with Gasteiger partial charge in [-0.1, -0.05) is 106 Å². The lowest BCUT2D eigenvalue weighted by molar-refractivity contribution is 0.473. The molecule has 0 amide bonds. The number of fused-ring (bicyclic) bond motifs is 4. The SMILES string of the molecule is CC(C)(C)c1ccc(O)c(C=Nc2ccccc2-c2nc3c(-c4ccc(-c5ccccc5)c5c4oc4ccccc45)cccc3o2)c1. The number of phenols is 1. The normalized spacial score (nSPS) is 12.1. The second-order valence-corrected chi connectivity index (χ2v) is 12.8. The van der Waals surface area contributed by atoms with Crippen LogP contribution in [0.2, 0.25) is 0 Å². The maximum atomic E-state index is 10.6. The smallest absolute Gasteiger partial charge is 0.229 e. The van der Waals surface area contributed by atoms with Crippen molar-refractivity contribution < 1.29 is 13.9 Å². The van der Waals surface area contributed by atoms with Crippen LogP contribution in [0.25, 0.3) is 66.7 Å². The standard InChI is InChI=1S/C42H32N2O3/c1-42(2,3)28-20-23-35(45)27(24-28)25-43-34-17-9-7-14-32(34)41-44-39-30(16-11-19-37(39)47-41)31-22-21-29(26-12-5-4-6-13-26)38-33-15-8-10-18-36(33)46-40(31)38/h4-25,45H,1-3H3. The highest BCUT2D eigenvalue weighted by molar-refractivity contribution is 6.17. The van der Waals surface area contributed by atoms with Crippen molar-refractivity contribution >= 4 is 44.9 Å². The Morgan fingerprint density at radius 2 is 1.38 bits per heavy atom. The largest absolute Gasteiger partial charge is 0.507 e. The number of oxazole rings is 1. The van der Waals surface area contributed by atoms with Crippen molar-refractivity contribution in [2.75, 3.05) is 0 Å². The molecule has 47 heavy (non-hydrogen) atoms. The molecule has 5 nitrogen and oxygen atoms in total. The number of aromatic hydroxyl groups is 1. The molecule has 6 aromatic carbocycles. The predicted octanol–water partition coefficient (Wildman–Crippen LogP) is 11.5. The highest BCUT2D eigenvalue weighted by atomic mass is 16.3. The van der Waals surface area contributed by atoms with Crippen molar-refractivity contribution in [1.29, 1.82) is 0 Å². The lowest BCUT2D eigenvalue weighted by Crippen LogP contribution is -2.11. The van der Waals surface area contributed by atoms with Crippen LogP contribution in [0.15, 0.2) is 141 Å². The molecule has 0 fully saturated rings. The van der Waals surface area contributed by atoms with Gasteiger partial charge in [0.15, 0.2) is 5.58 Å². The van der Waals surface area contributed by atoms with E-state index in [2.05, 4.69) is 69.3 Å². The minimum Gasteiger partial charge on any atom is -0.507 e. The van der Waals surface area contributed by atoms with E-state index in [9.17, 15) is 5.11 Å². The van der Waals surface area contributed by atoms with E-state index in [0.29, 0.717) is 22.7 Å². The van der Waals surface area contributed by atoms with Gasteiger partial charge in [0, 0.05) is 33.7 Å². The predicted molar refractivity (Wildman–Crippen MR) is 192 cm³/mol. The van der Waals surface area contributed by atoms with Crippen molar-refractivity contribution in [3.05, 3.63) is 139 Å². The van der Waals surface area contributed by atoms with Gasteiger partial charge in [-0.25, -0.2) is 4.98 Å². The van der Waals surface area contributed by atoms with Crippen LogP contribution in [-0.2, 0) is 5.41 Å². The van der Waals surface area contributed by atoms with E-state index in [0.717, 1.165) is 60.8 Å².